The predicted octanol–water partition coefficient (Wildman–Crippen LogP) is 2.17. The Hall–Kier alpha value is -1.36. The number of hydrogen-bond acceptors (Lipinski definition) is 5. The number of piperidine rings is 1. The molecule has 1 N–H and O–H groups in total. The first-order valence-corrected chi connectivity index (χ1v) is 7.48. The van der Waals surface area contributed by atoms with E-state index < -0.39 is 0 Å². The van der Waals surface area contributed by atoms with Gasteiger partial charge in [-0.1, -0.05) is 13.8 Å². The fraction of sp³-hybridized carbons (Fsp3) is 0.733. The van der Waals surface area contributed by atoms with Gasteiger partial charge in [-0.05, 0) is 32.9 Å². The van der Waals surface area contributed by atoms with E-state index in [9.17, 15) is 0 Å². The molecular formula is C15H27N5. The average molecular weight is 277 g/mol. The van der Waals surface area contributed by atoms with Gasteiger partial charge in [0.2, 0.25) is 0 Å². The largest absolute Gasteiger partial charge is 0.373 e. The Kier molecular flexibility index (Phi) is 4.81. The summed E-state index contributed by atoms with van der Waals surface area (Å²) in [4.78, 5) is 13.7. The maximum Gasteiger partial charge on any atom is 0.137 e. The molecule has 1 aromatic rings. The van der Waals surface area contributed by atoms with Crippen LogP contribution in [0, 0.1) is 0 Å². The van der Waals surface area contributed by atoms with Gasteiger partial charge in [0.25, 0.3) is 0 Å². The smallest absolute Gasteiger partial charge is 0.137 e. The summed E-state index contributed by atoms with van der Waals surface area (Å²) in [7, 11) is 6.25. The minimum absolute atomic E-state index is 0.411. The molecule has 5 nitrogen and oxygen atoms in total. The molecule has 20 heavy (non-hydrogen) atoms. The van der Waals surface area contributed by atoms with Gasteiger partial charge in [0.15, 0.2) is 0 Å². The highest BCUT2D eigenvalue weighted by molar-refractivity contribution is 5.60. The fourth-order valence-corrected chi connectivity index (χ4v) is 2.94. The van der Waals surface area contributed by atoms with Gasteiger partial charge in [0.1, 0.15) is 18.0 Å². The Morgan fingerprint density at radius 2 is 2.10 bits per heavy atom. The highest BCUT2D eigenvalue weighted by atomic mass is 15.2. The van der Waals surface area contributed by atoms with E-state index in [0.29, 0.717) is 12.0 Å². The third-order valence-electron chi connectivity index (χ3n) is 4.10. The molecule has 1 aromatic heterocycles. The summed E-state index contributed by atoms with van der Waals surface area (Å²) in [5, 5.41) is 3.20. The van der Waals surface area contributed by atoms with Crippen molar-refractivity contribution >= 4 is 11.6 Å². The summed E-state index contributed by atoms with van der Waals surface area (Å²) >= 11 is 0. The van der Waals surface area contributed by atoms with Crippen LogP contribution in [0.5, 0.6) is 0 Å². The van der Waals surface area contributed by atoms with Crippen molar-refractivity contribution in [2.45, 2.75) is 38.6 Å². The molecule has 5 heteroatoms. The molecule has 1 unspecified atom stereocenters. The second-order valence-electron chi connectivity index (χ2n) is 6.07. The zero-order valence-corrected chi connectivity index (χ0v) is 13.3. The zero-order valence-electron chi connectivity index (χ0n) is 13.3. The first-order valence-electron chi connectivity index (χ1n) is 7.48. The standard InChI is InChI=1S/C15H27N5/c1-11(2)13-14(16-3)17-10-18-15(13)20-8-6-7-12(9-20)19(4)5/h10-12H,6-9H2,1-5H3,(H,16,17,18). The first kappa shape index (κ1) is 15.0. The van der Waals surface area contributed by atoms with Gasteiger partial charge in [-0.25, -0.2) is 9.97 Å². The Balaban J connectivity index is 2.32. The topological polar surface area (TPSA) is 44.3 Å². The van der Waals surface area contributed by atoms with Crippen molar-refractivity contribution in [1.29, 1.82) is 0 Å². The van der Waals surface area contributed by atoms with Gasteiger partial charge in [-0.15, -0.1) is 0 Å². The number of rotatable bonds is 4. The van der Waals surface area contributed by atoms with Gasteiger partial charge in [0, 0.05) is 31.7 Å². The van der Waals surface area contributed by atoms with Crippen LogP contribution in [0.15, 0.2) is 6.33 Å². The lowest BCUT2D eigenvalue weighted by Gasteiger charge is -2.38. The van der Waals surface area contributed by atoms with Crippen LogP contribution in [0.1, 0.15) is 38.2 Å². The van der Waals surface area contributed by atoms with Crippen LogP contribution in [0.2, 0.25) is 0 Å². The highest BCUT2D eigenvalue weighted by Gasteiger charge is 2.26. The van der Waals surface area contributed by atoms with Crippen molar-refractivity contribution in [2.75, 3.05) is 44.4 Å². The highest BCUT2D eigenvalue weighted by Crippen LogP contribution is 2.32. The number of nitrogens with one attached hydrogen (secondary N) is 1. The Bertz CT molecular complexity index is 444. The third-order valence-corrected chi connectivity index (χ3v) is 4.10. The summed E-state index contributed by atoms with van der Waals surface area (Å²) in [6, 6.07) is 0.608. The van der Waals surface area contributed by atoms with Crippen LogP contribution >= 0.6 is 0 Å². The first-order chi connectivity index (χ1) is 9.54. The van der Waals surface area contributed by atoms with Crippen molar-refractivity contribution in [1.82, 2.24) is 14.9 Å². The van der Waals surface area contributed by atoms with E-state index in [1.165, 1.54) is 18.4 Å². The second kappa shape index (κ2) is 6.39. The summed E-state index contributed by atoms with van der Waals surface area (Å²) in [6.45, 7) is 6.55. The molecule has 1 saturated heterocycles. The van der Waals surface area contributed by atoms with E-state index in [2.05, 4.69) is 53.0 Å². The molecule has 112 valence electrons. The lowest BCUT2D eigenvalue weighted by molar-refractivity contribution is 0.257. The van der Waals surface area contributed by atoms with E-state index in [1.54, 1.807) is 6.33 Å². The molecule has 1 fully saturated rings. The van der Waals surface area contributed by atoms with E-state index >= 15 is 0 Å². The van der Waals surface area contributed by atoms with Crippen molar-refractivity contribution in [3.05, 3.63) is 11.9 Å². The maximum atomic E-state index is 4.58. The molecule has 0 saturated carbocycles. The molecular weight excluding hydrogens is 250 g/mol. The molecule has 0 bridgehead atoms. The monoisotopic (exact) mass is 277 g/mol. The molecule has 2 heterocycles. The SMILES string of the molecule is CNc1ncnc(N2CCCC(N(C)C)C2)c1C(C)C. The van der Waals surface area contributed by atoms with E-state index in [0.717, 1.165) is 24.7 Å². The summed E-state index contributed by atoms with van der Waals surface area (Å²) in [5.41, 5.74) is 1.23. The normalized spacial score (nSPS) is 19.8. The van der Waals surface area contributed by atoms with Crippen LogP contribution in [0.3, 0.4) is 0 Å². The molecule has 2 rings (SSSR count). The lowest BCUT2D eigenvalue weighted by atomic mass is 10.0. The Morgan fingerprint density at radius 1 is 1.35 bits per heavy atom. The van der Waals surface area contributed by atoms with Crippen molar-refractivity contribution in [3.8, 4) is 0 Å². The van der Waals surface area contributed by atoms with Gasteiger partial charge in [-0.3, -0.25) is 0 Å². The summed E-state index contributed by atoms with van der Waals surface area (Å²) in [6.07, 6.45) is 4.16. The lowest BCUT2D eigenvalue weighted by Crippen LogP contribution is -2.45. The minimum Gasteiger partial charge on any atom is -0.373 e. The van der Waals surface area contributed by atoms with E-state index in [1.807, 2.05) is 7.05 Å². The molecule has 0 aliphatic carbocycles. The van der Waals surface area contributed by atoms with Gasteiger partial charge in [-0.2, -0.15) is 0 Å². The van der Waals surface area contributed by atoms with Crippen molar-refractivity contribution < 1.29 is 0 Å². The number of aromatic nitrogens is 2. The average Bonchev–Trinajstić information content (AvgIpc) is 2.46. The second-order valence-corrected chi connectivity index (χ2v) is 6.07. The molecule has 0 amide bonds. The molecule has 0 aromatic carbocycles. The van der Waals surface area contributed by atoms with E-state index in [4.69, 9.17) is 0 Å². The number of anilines is 2. The molecule has 1 atom stereocenters. The van der Waals surface area contributed by atoms with E-state index in [-0.39, 0.29) is 0 Å². The molecule has 1 aliphatic heterocycles. The van der Waals surface area contributed by atoms with Crippen LogP contribution in [0.25, 0.3) is 0 Å². The quantitative estimate of drug-likeness (QED) is 0.914. The molecule has 1 aliphatic rings. The van der Waals surface area contributed by atoms with Gasteiger partial charge in [0.05, 0.1) is 0 Å². The van der Waals surface area contributed by atoms with Crippen molar-refractivity contribution in [3.63, 3.8) is 0 Å². The minimum atomic E-state index is 0.411. The molecule has 0 spiro atoms. The number of likely N-dealkylation sites (N-methyl/N-ethyl adjacent to an activating group) is 1. The van der Waals surface area contributed by atoms with Crippen LogP contribution in [-0.2, 0) is 0 Å². The fourth-order valence-electron chi connectivity index (χ4n) is 2.94. The maximum absolute atomic E-state index is 4.58. The Labute approximate surface area is 122 Å². The number of hydrogen-bond donors (Lipinski definition) is 1. The van der Waals surface area contributed by atoms with Crippen molar-refractivity contribution in [2.24, 2.45) is 0 Å². The van der Waals surface area contributed by atoms with Gasteiger partial charge < -0.3 is 15.1 Å². The Morgan fingerprint density at radius 3 is 2.70 bits per heavy atom. The van der Waals surface area contributed by atoms with Gasteiger partial charge >= 0.3 is 0 Å². The summed E-state index contributed by atoms with van der Waals surface area (Å²) in [5.74, 6) is 2.47. The number of nitrogens with zero attached hydrogens (tertiary/aromatic N) is 4. The molecule has 0 radical (unpaired) electrons. The van der Waals surface area contributed by atoms with Crippen LogP contribution in [-0.4, -0.2) is 55.1 Å². The zero-order chi connectivity index (χ0) is 14.7. The third kappa shape index (κ3) is 3.03. The predicted molar refractivity (Wildman–Crippen MR) is 84.6 cm³/mol. The summed E-state index contributed by atoms with van der Waals surface area (Å²) < 4.78 is 0. The van der Waals surface area contributed by atoms with Crippen LogP contribution < -0.4 is 10.2 Å². The van der Waals surface area contributed by atoms with Crippen LogP contribution in [0.4, 0.5) is 11.6 Å².